The van der Waals surface area contributed by atoms with Crippen LogP contribution in [0.15, 0.2) is 36.4 Å². The maximum absolute atomic E-state index is 12.2. The predicted octanol–water partition coefficient (Wildman–Crippen LogP) is 4.67. The molecule has 1 N–H and O–H groups in total. The van der Waals surface area contributed by atoms with Crippen LogP contribution >= 0.6 is 11.6 Å². The number of benzene rings is 2. The van der Waals surface area contributed by atoms with Crippen LogP contribution in [-0.2, 0) is 4.79 Å². The fourth-order valence-corrected chi connectivity index (χ4v) is 2.36. The number of anilines is 1. The van der Waals surface area contributed by atoms with Crippen molar-refractivity contribution in [2.45, 2.75) is 33.8 Å². The van der Waals surface area contributed by atoms with Gasteiger partial charge in [0.2, 0.25) is 0 Å². The second-order valence-corrected chi connectivity index (χ2v) is 5.94. The fraction of sp³-hybridized carbons (Fsp3) is 0.278. The monoisotopic (exact) mass is 317 g/mol. The Hall–Kier alpha value is -2.00. The van der Waals surface area contributed by atoms with Gasteiger partial charge in [0.15, 0.2) is 6.10 Å². The summed E-state index contributed by atoms with van der Waals surface area (Å²) in [7, 11) is 0. The van der Waals surface area contributed by atoms with Crippen molar-refractivity contribution in [1.29, 1.82) is 0 Å². The van der Waals surface area contributed by atoms with Crippen LogP contribution < -0.4 is 10.1 Å². The van der Waals surface area contributed by atoms with Crippen LogP contribution in [0.4, 0.5) is 5.69 Å². The number of hydrogen-bond acceptors (Lipinski definition) is 2. The van der Waals surface area contributed by atoms with E-state index in [1.807, 2.05) is 39.0 Å². The Morgan fingerprint density at radius 1 is 1.09 bits per heavy atom. The minimum atomic E-state index is -0.596. The lowest BCUT2D eigenvalue weighted by atomic mass is 10.1. The van der Waals surface area contributed by atoms with E-state index in [0.717, 1.165) is 22.4 Å². The van der Waals surface area contributed by atoms with Crippen LogP contribution in [0.1, 0.15) is 23.6 Å². The van der Waals surface area contributed by atoms with E-state index in [9.17, 15) is 4.79 Å². The van der Waals surface area contributed by atoms with Crippen molar-refractivity contribution >= 4 is 23.2 Å². The number of carbonyl (C=O) groups is 1. The number of hydrogen-bond donors (Lipinski definition) is 1. The highest BCUT2D eigenvalue weighted by molar-refractivity contribution is 6.31. The zero-order valence-electron chi connectivity index (χ0n) is 13.2. The predicted molar refractivity (Wildman–Crippen MR) is 90.8 cm³/mol. The lowest BCUT2D eigenvalue weighted by Crippen LogP contribution is -2.30. The first-order valence-corrected chi connectivity index (χ1v) is 7.55. The van der Waals surface area contributed by atoms with E-state index in [-0.39, 0.29) is 5.91 Å². The van der Waals surface area contributed by atoms with Gasteiger partial charge >= 0.3 is 0 Å². The van der Waals surface area contributed by atoms with Gasteiger partial charge in [0.05, 0.1) is 0 Å². The van der Waals surface area contributed by atoms with Gasteiger partial charge in [-0.05, 0) is 74.7 Å². The van der Waals surface area contributed by atoms with Gasteiger partial charge < -0.3 is 10.1 Å². The van der Waals surface area contributed by atoms with Gasteiger partial charge in [0.25, 0.3) is 5.91 Å². The molecular weight excluding hydrogens is 298 g/mol. The highest BCUT2D eigenvalue weighted by Gasteiger charge is 2.15. The Kier molecular flexibility index (Phi) is 5.09. The summed E-state index contributed by atoms with van der Waals surface area (Å²) >= 11 is 5.98. The number of ether oxygens (including phenoxy) is 1. The summed E-state index contributed by atoms with van der Waals surface area (Å²) in [5.41, 5.74) is 3.92. The van der Waals surface area contributed by atoms with Crippen LogP contribution in [0.5, 0.6) is 5.75 Å². The van der Waals surface area contributed by atoms with Gasteiger partial charge in [-0.2, -0.15) is 0 Å². The third-order valence-corrected chi connectivity index (χ3v) is 3.72. The summed E-state index contributed by atoms with van der Waals surface area (Å²) in [5, 5.41) is 3.56. The maximum atomic E-state index is 12.2. The summed E-state index contributed by atoms with van der Waals surface area (Å²) in [6.07, 6.45) is -0.596. The number of amides is 1. The summed E-state index contributed by atoms with van der Waals surface area (Å²) in [6, 6.07) is 11.3. The molecule has 116 valence electrons. The average Bonchev–Trinajstić information content (AvgIpc) is 2.41. The quantitative estimate of drug-likeness (QED) is 0.889. The van der Waals surface area contributed by atoms with Crippen LogP contribution in [0.2, 0.25) is 5.02 Å². The van der Waals surface area contributed by atoms with Gasteiger partial charge in [-0.25, -0.2) is 0 Å². The van der Waals surface area contributed by atoms with E-state index < -0.39 is 6.10 Å². The molecule has 0 spiro atoms. The molecule has 1 atom stereocenters. The molecule has 2 rings (SSSR count). The smallest absolute Gasteiger partial charge is 0.265 e. The van der Waals surface area contributed by atoms with Crippen molar-refractivity contribution in [1.82, 2.24) is 0 Å². The largest absolute Gasteiger partial charge is 0.481 e. The molecule has 0 aliphatic carbocycles. The van der Waals surface area contributed by atoms with Gasteiger partial charge in [0, 0.05) is 10.7 Å². The molecule has 0 aliphatic rings. The van der Waals surface area contributed by atoms with Crippen LogP contribution in [-0.4, -0.2) is 12.0 Å². The number of aryl methyl sites for hydroxylation is 3. The summed E-state index contributed by atoms with van der Waals surface area (Å²) in [4.78, 5) is 12.2. The summed E-state index contributed by atoms with van der Waals surface area (Å²) in [6.45, 7) is 7.62. The molecular formula is C18H20ClNO2. The van der Waals surface area contributed by atoms with Crippen molar-refractivity contribution in [2.75, 3.05) is 5.32 Å². The Bertz CT molecular complexity index is 677. The van der Waals surface area contributed by atoms with E-state index >= 15 is 0 Å². The SMILES string of the molecule is Cc1cc(C)cc(NC(=O)[C@H](C)Oc2ccc(Cl)c(C)c2)c1. The minimum absolute atomic E-state index is 0.183. The zero-order valence-corrected chi connectivity index (χ0v) is 14.0. The molecule has 0 bridgehead atoms. The van der Waals surface area contributed by atoms with Crippen molar-refractivity contribution in [2.24, 2.45) is 0 Å². The lowest BCUT2D eigenvalue weighted by molar-refractivity contribution is -0.122. The molecule has 0 aliphatic heterocycles. The third-order valence-electron chi connectivity index (χ3n) is 3.30. The normalized spacial score (nSPS) is 11.9. The fourth-order valence-electron chi connectivity index (χ4n) is 2.24. The Morgan fingerprint density at radius 2 is 1.73 bits per heavy atom. The molecule has 2 aromatic carbocycles. The van der Waals surface area contributed by atoms with E-state index in [4.69, 9.17) is 16.3 Å². The Labute approximate surface area is 136 Å². The molecule has 22 heavy (non-hydrogen) atoms. The van der Waals surface area contributed by atoms with Gasteiger partial charge in [0.1, 0.15) is 5.75 Å². The highest BCUT2D eigenvalue weighted by Crippen LogP contribution is 2.22. The van der Waals surface area contributed by atoms with E-state index in [2.05, 4.69) is 11.4 Å². The molecule has 3 nitrogen and oxygen atoms in total. The molecule has 0 unspecified atom stereocenters. The average molecular weight is 318 g/mol. The molecule has 0 saturated carbocycles. The topological polar surface area (TPSA) is 38.3 Å². The van der Waals surface area contributed by atoms with Crippen LogP contribution in [0, 0.1) is 20.8 Å². The summed E-state index contributed by atoms with van der Waals surface area (Å²) in [5.74, 6) is 0.447. The Morgan fingerprint density at radius 3 is 2.32 bits per heavy atom. The maximum Gasteiger partial charge on any atom is 0.265 e. The molecule has 2 aromatic rings. The molecule has 0 aromatic heterocycles. The van der Waals surface area contributed by atoms with Gasteiger partial charge in [-0.1, -0.05) is 17.7 Å². The minimum Gasteiger partial charge on any atom is -0.481 e. The first-order valence-electron chi connectivity index (χ1n) is 7.17. The van der Waals surface area contributed by atoms with Crippen molar-refractivity contribution < 1.29 is 9.53 Å². The number of rotatable bonds is 4. The van der Waals surface area contributed by atoms with E-state index in [0.29, 0.717) is 10.8 Å². The highest BCUT2D eigenvalue weighted by atomic mass is 35.5. The molecule has 0 radical (unpaired) electrons. The van der Waals surface area contributed by atoms with E-state index in [1.54, 1.807) is 19.1 Å². The Balaban J connectivity index is 2.04. The van der Waals surface area contributed by atoms with Crippen LogP contribution in [0.3, 0.4) is 0 Å². The molecule has 0 heterocycles. The van der Waals surface area contributed by atoms with Crippen molar-refractivity contribution in [3.8, 4) is 5.75 Å². The van der Waals surface area contributed by atoms with Gasteiger partial charge in [-0.15, -0.1) is 0 Å². The van der Waals surface area contributed by atoms with E-state index in [1.165, 1.54) is 0 Å². The second-order valence-electron chi connectivity index (χ2n) is 5.54. The number of nitrogens with one attached hydrogen (secondary N) is 1. The zero-order chi connectivity index (χ0) is 16.3. The summed E-state index contributed by atoms with van der Waals surface area (Å²) < 4.78 is 5.67. The van der Waals surface area contributed by atoms with Crippen LogP contribution in [0.25, 0.3) is 0 Å². The lowest BCUT2D eigenvalue weighted by Gasteiger charge is -2.16. The van der Waals surface area contributed by atoms with Crippen molar-refractivity contribution in [3.63, 3.8) is 0 Å². The number of carbonyl (C=O) groups excluding carboxylic acids is 1. The number of halogens is 1. The first kappa shape index (κ1) is 16.4. The third kappa shape index (κ3) is 4.25. The standard InChI is InChI=1S/C18H20ClNO2/c1-11-7-12(2)9-15(8-11)20-18(21)14(4)22-16-5-6-17(19)13(3)10-16/h5-10,14H,1-4H3,(H,20,21)/t14-/m0/s1. The molecule has 1 amide bonds. The first-order chi connectivity index (χ1) is 10.3. The van der Waals surface area contributed by atoms with Gasteiger partial charge in [-0.3, -0.25) is 4.79 Å². The molecule has 4 heteroatoms. The molecule has 0 saturated heterocycles. The molecule has 0 fully saturated rings. The second kappa shape index (κ2) is 6.84. The van der Waals surface area contributed by atoms with Crippen molar-refractivity contribution in [3.05, 3.63) is 58.1 Å².